The van der Waals surface area contributed by atoms with Crippen LogP contribution in [0.25, 0.3) is 5.57 Å². The molecule has 1 aromatic rings. The number of benzene rings is 1. The summed E-state index contributed by atoms with van der Waals surface area (Å²) in [5.41, 5.74) is 1.69. The van der Waals surface area contributed by atoms with Gasteiger partial charge in [0.2, 0.25) is 5.91 Å². The maximum absolute atomic E-state index is 14.2. The first-order chi connectivity index (χ1) is 13.2. The van der Waals surface area contributed by atoms with E-state index in [1.54, 1.807) is 11.8 Å². The molecule has 5 nitrogen and oxygen atoms in total. The molecule has 1 amide bonds. The van der Waals surface area contributed by atoms with Crippen LogP contribution in [0.5, 0.6) is 5.75 Å². The van der Waals surface area contributed by atoms with Crippen LogP contribution in [0, 0.1) is 5.41 Å². The van der Waals surface area contributed by atoms with Crippen molar-refractivity contribution < 1.29 is 13.9 Å². The molecule has 1 aromatic carbocycles. The molecule has 1 saturated carbocycles. The van der Waals surface area contributed by atoms with Gasteiger partial charge < -0.3 is 20.4 Å². The van der Waals surface area contributed by atoms with Gasteiger partial charge >= 0.3 is 0 Å². The highest BCUT2D eigenvalue weighted by Crippen LogP contribution is 2.41. The Bertz CT molecular complexity index is 794. The van der Waals surface area contributed by atoms with Gasteiger partial charge in [0.1, 0.15) is 18.0 Å². The van der Waals surface area contributed by atoms with Crippen molar-refractivity contribution in [1.82, 2.24) is 5.32 Å². The average molecular weight is 387 g/mol. The van der Waals surface area contributed by atoms with Crippen molar-refractivity contribution in [3.05, 3.63) is 29.5 Å². The van der Waals surface area contributed by atoms with Crippen LogP contribution in [-0.2, 0) is 11.2 Å². The van der Waals surface area contributed by atoms with Crippen molar-refractivity contribution in [3.63, 3.8) is 0 Å². The molecule has 1 aliphatic heterocycles. The van der Waals surface area contributed by atoms with Crippen molar-refractivity contribution >= 4 is 23.4 Å². The number of nitrogens with zero attached hydrogens (tertiary/aromatic N) is 1. The van der Waals surface area contributed by atoms with E-state index in [0.29, 0.717) is 17.4 Å². The van der Waals surface area contributed by atoms with Crippen LogP contribution >= 0.6 is 0 Å². The molecular weight excluding hydrogens is 357 g/mol. The number of carbonyl (C=O) groups excluding carboxylic acids is 1. The fourth-order valence-corrected chi connectivity index (χ4v) is 3.58. The third-order valence-corrected chi connectivity index (χ3v) is 5.17. The predicted octanol–water partition coefficient (Wildman–Crippen LogP) is 4.24. The van der Waals surface area contributed by atoms with Gasteiger partial charge in [-0.05, 0) is 58.6 Å². The fraction of sp³-hybridized carbons (Fsp3) is 0.545. The molecular formula is C22H30FN3O2. The summed E-state index contributed by atoms with van der Waals surface area (Å²) in [5, 5.41) is 11.2. The van der Waals surface area contributed by atoms with Crippen molar-refractivity contribution in [1.29, 1.82) is 5.41 Å². The van der Waals surface area contributed by atoms with E-state index < -0.39 is 5.67 Å². The standard InChI is InChI=1S/C22H30FN3O2/c1-14-5-8-19-20(26(14)15(2)27)10-9-18(21(19)28-13-22(3,4)23)16(11-24)12-25-17-6-7-17/h9-12,14,17,24-25H,5-8,13H2,1-4H3/b16-12+,24-11?. The lowest BCUT2D eigenvalue weighted by atomic mass is 9.91. The average Bonchev–Trinajstić information content (AvgIpc) is 3.43. The van der Waals surface area contributed by atoms with E-state index in [1.807, 2.05) is 25.3 Å². The van der Waals surface area contributed by atoms with Crippen LogP contribution in [0.1, 0.15) is 58.1 Å². The Labute approximate surface area is 166 Å². The van der Waals surface area contributed by atoms with Crippen LogP contribution in [0.15, 0.2) is 18.3 Å². The summed E-state index contributed by atoms with van der Waals surface area (Å²) >= 11 is 0. The Hall–Kier alpha value is -2.37. The molecule has 28 heavy (non-hydrogen) atoms. The second-order valence-electron chi connectivity index (χ2n) is 8.41. The molecule has 6 heteroatoms. The number of alkyl halides is 1. The number of halogens is 1. The third kappa shape index (κ3) is 4.54. The summed E-state index contributed by atoms with van der Waals surface area (Å²) in [7, 11) is 0. The smallest absolute Gasteiger partial charge is 0.224 e. The highest BCUT2D eigenvalue weighted by atomic mass is 19.1. The molecule has 0 radical (unpaired) electrons. The minimum absolute atomic E-state index is 0.0174. The van der Waals surface area contributed by atoms with Gasteiger partial charge in [0, 0.05) is 48.1 Å². The van der Waals surface area contributed by atoms with E-state index in [-0.39, 0.29) is 18.6 Å². The maximum atomic E-state index is 14.2. The number of allylic oxidation sites excluding steroid dienone is 1. The summed E-state index contributed by atoms with van der Waals surface area (Å²) in [4.78, 5) is 14.0. The van der Waals surface area contributed by atoms with E-state index >= 15 is 0 Å². The van der Waals surface area contributed by atoms with E-state index in [0.717, 1.165) is 42.5 Å². The lowest BCUT2D eigenvalue weighted by molar-refractivity contribution is -0.117. The summed E-state index contributed by atoms with van der Waals surface area (Å²) in [5.74, 6) is 0.560. The second kappa shape index (κ2) is 7.94. The minimum atomic E-state index is -1.48. The van der Waals surface area contributed by atoms with Crippen LogP contribution < -0.4 is 15.0 Å². The summed E-state index contributed by atoms with van der Waals surface area (Å²) in [6, 6.07) is 4.37. The fourth-order valence-electron chi connectivity index (χ4n) is 3.58. The minimum Gasteiger partial charge on any atom is -0.489 e. The number of rotatable bonds is 7. The lowest BCUT2D eigenvalue weighted by Gasteiger charge is -2.36. The summed E-state index contributed by atoms with van der Waals surface area (Å²) < 4.78 is 20.2. The Morgan fingerprint density at radius 3 is 2.68 bits per heavy atom. The molecule has 152 valence electrons. The monoisotopic (exact) mass is 387 g/mol. The van der Waals surface area contributed by atoms with Gasteiger partial charge in [-0.3, -0.25) is 4.79 Å². The van der Waals surface area contributed by atoms with Crippen LogP contribution in [0.2, 0.25) is 0 Å². The van der Waals surface area contributed by atoms with Crippen molar-refractivity contribution in [2.45, 2.75) is 71.1 Å². The SMILES string of the molecule is CC(=O)N1c2ccc(/C(C=N)=C/NC3CC3)c(OCC(C)(C)F)c2CCC1C. The number of fused-ring (bicyclic) bond motifs is 1. The molecule has 1 aliphatic carbocycles. The van der Waals surface area contributed by atoms with E-state index in [4.69, 9.17) is 10.1 Å². The van der Waals surface area contributed by atoms with Crippen molar-refractivity contribution in [2.75, 3.05) is 11.5 Å². The highest BCUT2D eigenvalue weighted by molar-refractivity contribution is 6.10. The number of carbonyl (C=O) groups is 1. The first-order valence-corrected chi connectivity index (χ1v) is 9.95. The summed E-state index contributed by atoms with van der Waals surface area (Å²) in [6.45, 7) is 6.47. The van der Waals surface area contributed by atoms with Crippen LogP contribution in [0.3, 0.4) is 0 Å². The van der Waals surface area contributed by atoms with E-state index in [1.165, 1.54) is 20.1 Å². The molecule has 0 bridgehead atoms. The number of hydrogen-bond donors (Lipinski definition) is 2. The zero-order chi connectivity index (χ0) is 20.5. The molecule has 2 aliphatic rings. The lowest BCUT2D eigenvalue weighted by Crippen LogP contribution is -2.41. The van der Waals surface area contributed by atoms with E-state index in [9.17, 15) is 9.18 Å². The molecule has 0 saturated heterocycles. The predicted molar refractivity (Wildman–Crippen MR) is 111 cm³/mol. The Morgan fingerprint density at radius 1 is 1.39 bits per heavy atom. The Morgan fingerprint density at radius 2 is 2.11 bits per heavy atom. The second-order valence-corrected chi connectivity index (χ2v) is 8.41. The number of amides is 1. The van der Waals surface area contributed by atoms with Gasteiger partial charge in [-0.15, -0.1) is 0 Å². The molecule has 3 rings (SSSR count). The molecule has 2 N–H and O–H groups in total. The van der Waals surface area contributed by atoms with Crippen molar-refractivity contribution in [2.24, 2.45) is 0 Å². The third-order valence-electron chi connectivity index (χ3n) is 5.17. The van der Waals surface area contributed by atoms with E-state index in [2.05, 4.69) is 5.32 Å². The Balaban J connectivity index is 2.07. The zero-order valence-corrected chi connectivity index (χ0v) is 17.1. The first-order valence-electron chi connectivity index (χ1n) is 9.95. The summed E-state index contributed by atoms with van der Waals surface area (Å²) in [6.07, 6.45) is 6.97. The van der Waals surface area contributed by atoms with Gasteiger partial charge in [-0.1, -0.05) is 0 Å². The van der Waals surface area contributed by atoms with Crippen LogP contribution in [0.4, 0.5) is 10.1 Å². The quantitative estimate of drug-likeness (QED) is 0.688. The molecule has 0 spiro atoms. The molecule has 1 unspecified atom stereocenters. The van der Waals surface area contributed by atoms with Gasteiger partial charge in [-0.25, -0.2) is 4.39 Å². The largest absolute Gasteiger partial charge is 0.489 e. The van der Waals surface area contributed by atoms with Gasteiger partial charge in [0.25, 0.3) is 0 Å². The Kier molecular flexibility index (Phi) is 5.77. The maximum Gasteiger partial charge on any atom is 0.224 e. The van der Waals surface area contributed by atoms with Gasteiger partial charge in [0.15, 0.2) is 0 Å². The van der Waals surface area contributed by atoms with Crippen LogP contribution in [-0.4, -0.2) is 36.5 Å². The number of anilines is 1. The first kappa shape index (κ1) is 20.4. The normalized spacial score (nSPS) is 19.8. The zero-order valence-electron chi connectivity index (χ0n) is 17.1. The molecule has 1 atom stereocenters. The molecule has 1 fully saturated rings. The van der Waals surface area contributed by atoms with Crippen molar-refractivity contribution in [3.8, 4) is 5.75 Å². The van der Waals surface area contributed by atoms with Gasteiger partial charge in [-0.2, -0.15) is 0 Å². The number of hydrogen-bond acceptors (Lipinski definition) is 4. The topological polar surface area (TPSA) is 65.4 Å². The highest BCUT2D eigenvalue weighted by Gasteiger charge is 2.31. The number of ether oxygens (including phenoxy) is 1. The molecule has 0 aromatic heterocycles. The number of nitrogens with one attached hydrogen (secondary N) is 2. The van der Waals surface area contributed by atoms with Gasteiger partial charge in [0.05, 0.1) is 5.69 Å². The molecule has 1 heterocycles.